The van der Waals surface area contributed by atoms with Gasteiger partial charge >= 0.3 is 0 Å². The second-order valence-electron chi connectivity index (χ2n) is 6.23. The Morgan fingerprint density at radius 1 is 1.06 bits per heavy atom. The third-order valence-corrected chi connectivity index (χ3v) is 6.23. The molecule has 0 aromatic rings. The van der Waals surface area contributed by atoms with Crippen LogP contribution >= 0.6 is 0 Å². The van der Waals surface area contributed by atoms with Gasteiger partial charge in [-0.3, -0.25) is 0 Å². The quantitative estimate of drug-likeness (QED) is 0.466. The summed E-state index contributed by atoms with van der Waals surface area (Å²) in [5.41, 5.74) is 0. The van der Waals surface area contributed by atoms with Gasteiger partial charge in [0.1, 0.15) is 15.5 Å². The van der Waals surface area contributed by atoms with Gasteiger partial charge in [-0.2, -0.15) is 0 Å². The monoisotopic (exact) mass is 277 g/mol. The molecule has 0 spiro atoms. The van der Waals surface area contributed by atoms with Crippen LogP contribution in [0.4, 0.5) is 0 Å². The van der Waals surface area contributed by atoms with E-state index in [1.165, 1.54) is 19.5 Å². The zero-order chi connectivity index (χ0) is 13.5. The standard InChI is InChI=1S/C12H33N2OSi2/c1-13(16(4)5)9-8-10-14(2,3)11-12-15-17(6)7/h16-17H,8-12H2,1-7H3/q+1. The molecular weight excluding hydrogens is 244 g/mol. The van der Waals surface area contributed by atoms with Crippen LogP contribution in [0.1, 0.15) is 6.42 Å². The third-order valence-electron chi connectivity index (χ3n) is 3.30. The summed E-state index contributed by atoms with van der Waals surface area (Å²) in [6.45, 7) is 13.9. The van der Waals surface area contributed by atoms with Gasteiger partial charge in [-0.05, 0) is 26.7 Å². The zero-order valence-electron chi connectivity index (χ0n) is 13.0. The van der Waals surface area contributed by atoms with Crippen molar-refractivity contribution in [2.45, 2.75) is 32.6 Å². The molecule has 0 aliphatic carbocycles. The first-order valence-electron chi connectivity index (χ1n) is 6.88. The van der Waals surface area contributed by atoms with Crippen molar-refractivity contribution in [1.82, 2.24) is 4.57 Å². The van der Waals surface area contributed by atoms with Gasteiger partial charge in [0.15, 0.2) is 9.04 Å². The molecule has 0 rings (SSSR count). The molecule has 0 radical (unpaired) electrons. The summed E-state index contributed by atoms with van der Waals surface area (Å²) in [4.78, 5) is 0. The lowest BCUT2D eigenvalue weighted by Gasteiger charge is -2.31. The van der Waals surface area contributed by atoms with Crippen LogP contribution in [0.5, 0.6) is 0 Å². The van der Waals surface area contributed by atoms with Crippen molar-refractivity contribution in [3.8, 4) is 0 Å². The van der Waals surface area contributed by atoms with E-state index in [4.69, 9.17) is 4.43 Å². The van der Waals surface area contributed by atoms with Crippen LogP contribution in [-0.2, 0) is 4.43 Å². The molecule has 0 saturated carbocycles. The molecule has 0 saturated heterocycles. The average molecular weight is 278 g/mol. The predicted molar refractivity (Wildman–Crippen MR) is 82.8 cm³/mol. The lowest BCUT2D eigenvalue weighted by atomic mass is 10.3. The molecule has 17 heavy (non-hydrogen) atoms. The molecule has 0 aromatic carbocycles. The minimum absolute atomic E-state index is 0.579. The number of nitrogens with zero attached hydrogens (tertiary/aromatic N) is 2. The zero-order valence-corrected chi connectivity index (χ0v) is 15.3. The number of hydrogen-bond acceptors (Lipinski definition) is 2. The number of likely N-dealkylation sites (N-methyl/N-ethyl adjacent to an activating group) is 1. The molecule has 0 aliphatic rings. The van der Waals surface area contributed by atoms with Crippen molar-refractivity contribution < 1.29 is 8.91 Å². The van der Waals surface area contributed by atoms with Crippen molar-refractivity contribution in [2.75, 3.05) is 47.4 Å². The van der Waals surface area contributed by atoms with Crippen molar-refractivity contribution in [2.24, 2.45) is 0 Å². The van der Waals surface area contributed by atoms with Crippen LogP contribution in [0.15, 0.2) is 0 Å². The van der Waals surface area contributed by atoms with Crippen molar-refractivity contribution in [3.63, 3.8) is 0 Å². The van der Waals surface area contributed by atoms with Crippen LogP contribution in [-0.4, -0.2) is 74.4 Å². The van der Waals surface area contributed by atoms with Crippen LogP contribution in [0.25, 0.3) is 0 Å². The van der Waals surface area contributed by atoms with Crippen molar-refractivity contribution >= 4 is 18.0 Å². The maximum absolute atomic E-state index is 5.76. The van der Waals surface area contributed by atoms with Crippen LogP contribution in [0.3, 0.4) is 0 Å². The average Bonchev–Trinajstić information content (AvgIpc) is 2.15. The van der Waals surface area contributed by atoms with Gasteiger partial charge < -0.3 is 13.5 Å². The number of rotatable bonds is 9. The van der Waals surface area contributed by atoms with E-state index in [1.807, 2.05) is 0 Å². The molecule has 0 aliphatic heterocycles. The minimum atomic E-state index is -0.830. The van der Waals surface area contributed by atoms with Crippen LogP contribution < -0.4 is 0 Å². The van der Waals surface area contributed by atoms with E-state index in [-0.39, 0.29) is 0 Å². The SMILES string of the molecule is CN(CCC[N+](C)(C)CCO[SiH](C)C)[SiH](C)C. The number of hydrogen-bond donors (Lipinski definition) is 0. The normalized spacial score (nSPS) is 13.1. The maximum atomic E-state index is 5.76. The lowest BCUT2D eigenvalue weighted by Crippen LogP contribution is -2.45. The predicted octanol–water partition coefficient (Wildman–Crippen LogP) is 1.37. The molecular formula is C12H33N2OSi2+. The lowest BCUT2D eigenvalue weighted by molar-refractivity contribution is -0.890. The Hall–Kier alpha value is 0.314. The molecule has 5 heteroatoms. The van der Waals surface area contributed by atoms with Gasteiger partial charge in [0.05, 0.1) is 27.2 Å². The Morgan fingerprint density at radius 3 is 2.12 bits per heavy atom. The van der Waals surface area contributed by atoms with Gasteiger partial charge in [0.25, 0.3) is 0 Å². The van der Waals surface area contributed by atoms with Gasteiger partial charge in [0, 0.05) is 6.42 Å². The van der Waals surface area contributed by atoms with Gasteiger partial charge in [-0.1, -0.05) is 13.1 Å². The van der Waals surface area contributed by atoms with E-state index in [0.717, 1.165) is 17.6 Å². The summed E-state index contributed by atoms with van der Waals surface area (Å²) in [6.07, 6.45) is 1.30. The maximum Gasteiger partial charge on any atom is 0.171 e. The summed E-state index contributed by atoms with van der Waals surface area (Å²) < 4.78 is 9.41. The van der Waals surface area contributed by atoms with Crippen LogP contribution in [0, 0.1) is 0 Å². The second kappa shape index (κ2) is 8.42. The highest BCUT2D eigenvalue weighted by molar-refractivity contribution is 6.52. The topological polar surface area (TPSA) is 12.5 Å². The van der Waals surface area contributed by atoms with Gasteiger partial charge in [-0.15, -0.1) is 0 Å². The summed E-state index contributed by atoms with van der Waals surface area (Å²) >= 11 is 0. The smallest absolute Gasteiger partial charge is 0.171 e. The fourth-order valence-electron chi connectivity index (χ4n) is 1.65. The highest BCUT2D eigenvalue weighted by Gasteiger charge is 2.15. The first-order valence-corrected chi connectivity index (χ1v) is 12.5. The Bertz CT molecular complexity index is 199. The first-order chi connectivity index (χ1) is 7.74. The van der Waals surface area contributed by atoms with Crippen molar-refractivity contribution in [1.29, 1.82) is 0 Å². The fourth-order valence-corrected chi connectivity index (χ4v) is 2.93. The van der Waals surface area contributed by atoms with E-state index >= 15 is 0 Å². The molecule has 0 fully saturated rings. The van der Waals surface area contributed by atoms with E-state index in [1.54, 1.807) is 0 Å². The molecule has 0 heterocycles. The molecule has 3 nitrogen and oxygen atoms in total. The molecule has 0 N–H and O–H groups in total. The number of quaternary nitrogens is 1. The van der Waals surface area contributed by atoms with E-state index in [2.05, 4.69) is 51.9 Å². The highest BCUT2D eigenvalue weighted by atomic mass is 28.3. The Labute approximate surface area is 112 Å². The van der Waals surface area contributed by atoms with Crippen molar-refractivity contribution in [3.05, 3.63) is 0 Å². The molecule has 0 atom stereocenters. The highest BCUT2D eigenvalue weighted by Crippen LogP contribution is 2.02. The van der Waals surface area contributed by atoms with E-state index in [9.17, 15) is 0 Å². The summed E-state index contributed by atoms with van der Waals surface area (Å²) in [7, 11) is 5.49. The van der Waals surface area contributed by atoms with Gasteiger partial charge in [-0.25, -0.2) is 0 Å². The molecule has 0 unspecified atom stereocenters. The molecule has 0 amide bonds. The van der Waals surface area contributed by atoms with E-state index < -0.39 is 18.0 Å². The second-order valence-corrected chi connectivity index (χ2v) is 11.7. The third kappa shape index (κ3) is 9.97. The first kappa shape index (κ1) is 17.3. The summed E-state index contributed by atoms with van der Waals surface area (Å²) in [6, 6.07) is 0. The minimum Gasteiger partial charge on any atom is -0.415 e. The molecule has 0 aromatic heterocycles. The summed E-state index contributed by atoms with van der Waals surface area (Å²) in [5, 5.41) is 0. The molecule has 104 valence electrons. The summed E-state index contributed by atoms with van der Waals surface area (Å²) in [5.74, 6) is 0. The Kier molecular flexibility index (Phi) is 8.58. The molecule has 0 bridgehead atoms. The largest absolute Gasteiger partial charge is 0.415 e. The Morgan fingerprint density at radius 2 is 1.65 bits per heavy atom. The van der Waals surface area contributed by atoms with E-state index in [0.29, 0.717) is 0 Å². The van der Waals surface area contributed by atoms with Crippen LogP contribution in [0.2, 0.25) is 26.2 Å². The fraction of sp³-hybridized carbons (Fsp3) is 1.00. The van der Waals surface area contributed by atoms with Gasteiger partial charge in [0.2, 0.25) is 0 Å². The Balaban J connectivity index is 3.70.